The number of aromatic amines is 1. The highest BCUT2D eigenvalue weighted by molar-refractivity contribution is 5.88. The molecule has 0 saturated carbocycles. The van der Waals surface area contributed by atoms with Gasteiger partial charge in [-0.05, 0) is 61.3 Å². The summed E-state index contributed by atoms with van der Waals surface area (Å²) in [6.45, 7) is 17.5. The lowest BCUT2D eigenvalue weighted by Gasteiger charge is -2.35. The summed E-state index contributed by atoms with van der Waals surface area (Å²) >= 11 is 0. The number of hydrogen-bond acceptors (Lipinski definition) is 11. The van der Waals surface area contributed by atoms with Crippen LogP contribution in [0.5, 0.6) is 0 Å². The van der Waals surface area contributed by atoms with E-state index in [0.29, 0.717) is 23.0 Å². The van der Waals surface area contributed by atoms with Crippen molar-refractivity contribution in [2.45, 2.75) is 123 Å². The van der Waals surface area contributed by atoms with Crippen LogP contribution in [0.2, 0.25) is 0 Å². The van der Waals surface area contributed by atoms with Gasteiger partial charge in [-0.15, -0.1) is 0 Å². The van der Waals surface area contributed by atoms with Gasteiger partial charge in [0.15, 0.2) is 11.6 Å². The second-order valence-corrected chi connectivity index (χ2v) is 13.8. The molecule has 0 aromatic carbocycles. The van der Waals surface area contributed by atoms with E-state index < -0.39 is 65.5 Å². The van der Waals surface area contributed by atoms with Gasteiger partial charge < -0.3 is 39.7 Å². The minimum Gasteiger partial charge on any atom is -0.462 e. The van der Waals surface area contributed by atoms with Gasteiger partial charge in [-0.25, -0.2) is 24.4 Å². The number of anilines is 1. The van der Waals surface area contributed by atoms with Gasteiger partial charge in [-0.1, -0.05) is 20.3 Å². The number of nitrogens with one attached hydrogen (secondary N) is 2. The molecular weight excluding hydrogens is 572 g/mol. The SMILES string of the molecule is CC[C@H](C)[C@H](NC(=O)OC(C)(C)C)C(=O)OC[C@@H]1[C@H]2OC(C)(C)O[C@H]2[C@H](c2c[nH]c3c(N)ncnc23)N1C(=O)OC(C)(C)C. The maximum absolute atomic E-state index is 13.9. The van der Waals surface area contributed by atoms with Crippen LogP contribution in [0.3, 0.4) is 0 Å². The fraction of sp³-hybridized carbons (Fsp3) is 0.700. The average Bonchev–Trinajstić information content (AvgIpc) is 3.52. The minimum atomic E-state index is -0.993. The normalized spacial score (nSPS) is 24.5. The van der Waals surface area contributed by atoms with E-state index in [-0.39, 0.29) is 18.3 Å². The van der Waals surface area contributed by atoms with Crippen LogP contribution in [0.4, 0.5) is 15.4 Å². The molecule has 6 atom stereocenters. The van der Waals surface area contributed by atoms with Gasteiger partial charge in [-0.2, -0.15) is 0 Å². The molecule has 2 aromatic rings. The Morgan fingerprint density at radius 3 is 2.34 bits per heavy atom. The van der Waals surface area contributed by atoms with Crippen molar-refractivity contribution in [2.24, 2.45) is 5.92 Å². The van der Waals surface area contributed by atoms with Crippen LogP contribution in [0.15, 0.2) is 12.5 Å². The number of nitrogens with zero attached hydrogens (tertiary/aromatic N) is 3. The van der Waals surface area contributed by atoms with Crippen molar-refractivity contribution in [3.8, 4) is 0 Å². The molecule has 14 heteroatoms. The van der Waals surface area contributed by atoms with Gasteiger partial charge >= 0.3 is 18.2 Å². The summed E-state index contributed by atoms with van der Waals surface area (Å²) in [5, 5.41) is 2.65. The number of nitrogen functional groups attached to an aromatic ring is 1. The third-order valence-corrected chi connectivity index (χ3v) is 7.49. The number of carbonyl (C=O) groups excluding carboxylic acids is 3. The summed E-state index contributed by atoms with van der Waals surface area (Å²) in [6, 6.07) is -2.54. The lowest BCUT2D eigenvalue weighted by molar-refractivity contribution is -0.172. The topological polar surface area (TPSA) is 180 Å². The number of esters is 1. The Hall–Kier alpha value is -3.65. The van der Waals surface area contributed by atoms with Crippen molar-refractivity contribution >= 4 is 35.0 Å². The van der Waals surface area contributed by atoms with E-state index in [1.54, 1.807) is 61.6 Å². The lowest BCUT2D eigenvalue weighted by atomic mass is 9.99. The number of alkyl carbamates (subject to hydrolysis) is 1. The molecule has 0 spiro atoms. The van der Waals surface area contributed by atoms with E-state index in [1.165, 1.54) is 11.2 Å². The van der Waals surface area contributed by atoms with E-state index in [4.69, 9.17) is 29.4 Å². The number of ether oxygens (including phenoxy) is 5. The van der Waals surface area contributed by atoms with E-state index in [9.17, 15) is 14.4 Å². The number of hydrogen-bond donors (Lipinski definition) is 3. The van der Waals surface area contributed by atoms with Crippen LogP contribution in [-0.4, -0.2) is 85.9 Å². The van der Waals surface area contributed by atoms with Crippen molar-refractivity contribution < 1.29 is 38.1 Å². The molecule has 0 unspecified atom stereocenters. The Balaban J connectivity index is 1.69. The summed E-state index contributed by atoms with van der Waals surface area (Å²) in [5.74, 6) is -1.67. The first kappa shape index (κ1) is 33.2. The van der Waals surface area contributed by atoms with E-state index >= 15 is 0 Å². The summed E-state index contributed by atoms with van der Waals surface area (Å²) in [7, 11) is 0. The monoisotopic (exact) mass is 618 g/mol. The zero-order chi connectivity index (χ0) is 32.8. The standard InChI is InChI=1S/C30H46N6O8/c1-11-15(2)18(35-26(38)43-28(3,4)5)25(37)40-13-17-22-23(42-30(9,10)41-22)21(36(17)27(39)44-29(6,7)8)16-12-32-20-19(16)33-14-34-24(20)31/h12,14-15,17-18,21-23,32H,11,13H2,1-10H3,(H,35,38)(H2,31,33,34)/t15-,17+,18-,21-,22+,23-/m0/s1. The number of nitrogens with two attached hydrogens (primary N) is 1. The first-order chi connectivity index (χ1) is 20.3. The molecule has 4 rings (SSSR count). The smallest absolute Gasteiger partial charge is 0.411 e. The summed E-state index contributed by atoms with van der Waals surface area (Å²) < 4.78 is 29.8. The van der Waals surface area contributed by atoms with Crippen LogP contribution in [0.1, 0.15) is 87.3 Å². The molecule has 2 aliphatic heterocycles. The van der Waals surface area contributed by atoms with Crippen molar-refractivity contribution in [3.63, 3.8) is 0 Å². The van der Waals surface area contributed by atoms with Gasteiger partial charge in [0.05, 0.1) is 17.6 Å². The van der Waals surface area contributed by atoms with Crippen LogP contribution in [0, 0.1) is 5.92 Å². The van der Waals surface area contributed by atoms with Crippen molar-refractivity contribution in [3.05, 3.63) is 18.1 Å². The highest BCUT2D eigenvalue weighted by atomic mass is 16.8. The predicted octanol–water partition coefficient (Wildman–Crippen LogP) is 4.20. The largest absolute Gasteiger partial charge is 0.462 e. The molecular formula is C30H46N6O8. The fourth-order valence-electron chi connectivity index (χ4n) is 5.51. The van der Waals surface area contributed by atoms with Gasteiger partial charge in [0, 0.05) is 11.8 Å². The van der Waals surface area contributed by atoms with Crippen LogP contribution >= 0.6 is 0 Å². The Bertz CT molecular complexity index is 1380. The maximum Gasteiger partial charge on any atom is 0.411 e. The molecule has 2 amide bonds. The Morgan fingerprint density at radius 1 is 1.09 bits per heavy atom. The summed E-state index contributed by atoms with van der Waals surface area (Å²) in [4.78, 5) is 53.1. The van der Waals surface area contributed by atoms with Gasteiger partial charge in [0.2, 0.25) is 0 Å². The Kier molecular flexibility index (Phi) is 9.09. The second kappa shape index (κ2) is 12.0. The van der Waals surface area contributed by atoms with E-state index in [2.05, 4.69) is 20.3 Å². The second-order valence-electron chi connectivity index (χ2n) is 13.8. The molecule has 4 heterocycles. The average molecular weight is 619 g/mol. The van der Waals surface area contributed by atoms with Crippen molar-refractivity contribution in [2.75, 3.05) is 12.3 Å². The maximum atomic E-state index is 13.9. The van der Waals surface area contributed by atoms with Crippen molar-refractivity contribution in [1.82, 2.24) is 25.2 Å². The Morgan fingerprint density at radius 2 is 1.73 bits per heavy atom. The third kappa shape index (κ3) is 7.17. The zero-order valence-electron chi connectivity index (χ0n) is 27.2. The molecule has 44 heavy (non-hydrogen) atoms. The quantitative estimate of drug-likeness (QED) is 0.299. The molecule has 244 valence electrons. The number of aromatic nitrogens is 3. The van der Waals surface area contributed by atoms with Gasteiger partial charge in [-0.3, -0.25) is 4.90 Å². The van der Waals surface area contributed by atoms with Gasteiger partial charge in [0.1, 0.15) is 47.9 Å². The number of H-pyrrole nitrogens is 1. The first-order valence-electron chi connectivity index (χ1n) is 14.9. The van der Waals surface area contributed by atoms with E-state index in [0.717, 1.165) is 0 Å². The number of carbonyl (C=O) groups is 3. The van der Waals surface area contributed by atoms with Gasteiger partial charge in [0.25, 0.3) is 0 Å². The summed E-state index contributed by atoms with van der Waals surface area (Å²) in [5.41, 5.74) is 6.17. The first-order valence-corrected chi connectivity index (χ1v) is 14.9. The highest BCUT2D eigenvalue weighted by Gasteiger charge is 2.61. The number of fused-ring (bicyclic) bond motifs is 2. The molecule has 4 N–H and O–H groups in total. The van der Waals surface area contributed by atoms with Crippen LogP contribution < -0.4 is 11.1 Å². The molecule has 2 aliphatic rings. The van der Waals surface area contributed by atoms with Crippen molar-refractivity contribution in [1.29, 1.82) is 0 Å². The van der Waals surface area contributed by atoms with Crippen LogP contribution in [0.25, 0.3) is 11.0 Å². The third-order valence-electron chi connectivity index (χ3n) is 7.49. The van der Waals surface area contributed by atoms with E-state index in [1.807, 2.05) is 13.8 Å². The predicted molar refractivity (Wildman–Crippen MR) is 160 cm³/mol. The molecule has 14 nitrogen and oxygen atoms in total. The zero-order valence-corrected chi connectivity index (χ0v) is 27.2. The highest BCUT2D eigenvalue weighted by Crippen LogP contribution is 2.49. The lowest BCUT2D eigenvalue weighted by Crippen LogP contribution is -2.50. The summed E-state index contributed by atoms with van der Waals surface area (Å²) in [6.07, 6.45) is 0.910. The number of amides is 2. The molecule has 0 aliphatic carbocycles. The Labute approximate surface area is 257 Å². The minimum absolute atomic E-state index is 0.252. The fourth-order valence-corrected chi connectivity index (χ4v) is 5.51. The molecule has 2 aromatic heterocycles. The molecule has 0 bridgehead atoms. The van der Waals surface area contributed by atoms with Crippen LogP contribution in [-0.2, 0) is 28.5 Å². The number of rotatable bonds is 7. The molecule has 2 fully saturated rings. The molecule has 0 radical (unpaired) electrons. The molecule has 2 saturated heterocycles. The number of likely N-dealkylation sites (tertiary alicyclic amines) is 1.